The molecule has 6 heteroatoms. The minimum absolute atomic E-state index is 0.0119. The van der Waals surface area contributed by atoms with Gasteiger partial charge in [-0.15, -0.1) is 0 Å². The minimum atomic E-state index is -0.652. The van der Waals surface area contributed by atoms with E-state index in [0.717, 1.165) is 36.8 Å². The highest BCUT2D eigenvalue weighted by atomic mass is 19.1. The normalized spacial score (nSPS) is 17.7. The smallest absolute Gasteiger partial charge is 0.254 e. The van der Waals surface area contributed by atoms with E-state index in [1.807, 2.05) is 0 Å². The number of aryl methyl sites for hydroxylation is 1. The van der Waals surface area contributed by atoms with Gasteiger partial charge < -0.3 is 10.6 Å². The number of amides is 2. The number of anilines is 1. The molecule has 1 heterocycles. The standard InChI is InChI=1S/C22H22F2N2O2/c23-16-6-4-15(5-7-16)22(9-1-2-10-22)13-25-21(28)17-11-14-3-8-20(27)26-19(14)12-18(17)24/h4-7,11-12H,1-3,8-10,13H2,(H,25,28)(H,26,27). The molecular weight excluding hydrogens is 362 g/mol. The fourth-order valence-electron chi connectivity index (χ4n) is 4.34. The molecule has 2 amide bonds. The van der Waals surface area contributed by atoms with Crippen molar-refractivity contribution in [2.75, 3.05) is 11.9 Å². The van der Waals surface area contributed by atoms with Crippen molar-refractivity contribution in [3.05, 3.63) is 64.7 Å². The van der Waals surface area contributed by atoms with Crippen molar-refractivity contribution in [2.24, 2.45) is 0 Å². The molecule has 1 aliphatic heterocycles. The molecule has 0 aromatic heterocycles. The summed E-state index contributed by atoms with van der Waals surface area (Å²) in [5.74, 6) is -1.55. The topological polar surface area (TPSA) is 58.2 Å². The number of nitrogens with one attached hydrogen (secondary N) is 2. The second kappa shape index (κ2) is 7.34. The molecule has 0 unspecified atom stereocenters. The summed E-state index contributed by atoms with van der Waals surface area (Å²) in [6.07, 6.45) is 4.70. The Balaban J connectivity index is 1.53. The van der Waals surface area contributed by atoms with Crippen molar-refractivity contribution < 1.29 is 18.4 Å². The molecule has 2 aromatic rings. The second-order valence-electron chi connectivity index (χ2n) is 7.71. The second-order valence-corrected chi connectivity index (χ2v) is 7.71. The lowest BCUT2D eigenvalue weighted by molar-refractivity contribution is -0.116. The van der Waals surface area contributed by atoms with E-state index in [1.54, 1.807) is 12.1 Å². The number of carbonyl (C=O) groups is 2. The van der Waals surface area contributed by atoms with E-state index >= 15 is 0 Å². The van der Waals surface area contributed by atoms with E-state index in [0.29, 0.717) is 25.1 Å². The van der Waals surface area contributed by atoms with Crippen molar-refractivity contribution in [3.63, 3.8) is 0 Å². The third-order valence-corrected chi connectivity index (χ3v) is 5.94. The molecule has 2 N–H and O–H groups in total. The summed E-state index contributed by atoms with van der Waals surface area (Å²) in [4.78, 5) is 24.2. The SMILES string of the molecule is O=C1CCc2cc(C(=O)NCC3(c4ccc(F)cc4)CCCC3)c(F)cc2N1. The molecule has 4 nitrogen and oxygen atoms in total. The van der Waals surface area contributed by atoms with Gasteiger partial charge in [0.2, 0.25) is 5.91 Å². The lowest BCUT2D eigenvalue weighted by Crippen LogP contribution is -2.39. The van der Waals surface area contributed by atoms with Crippen LogP contribution in [0.2, 0.25) is 0 Å². The minimum Gasteiger partial charge on any atom is -0.351 e. The molecular formula is C22H22F2N2O2. The summed E-state index contributed by atoms with van der Waals surface area (Å²) >= 11 is 0. The summed E-state index contributed by atoms with van der Waals surface area (Å²) in [6, 6.07) is 9.17. The Morgan fingerprint density at radius 1 is 1.07 bits per heavy atom. The van der Waals surface area contributed by atoms with Gasteiger partial charge in [-0.2, -0.15) is 0 Å². The van der Waals surface area contributed by atoms with Crippen LogP contribution in [0.25, 0.3) is 0 Å². The number of fused-ring (bicyclic) bond motifs is 1. The number of carbonyl (C=O) groups excluding carboxylic acids is 2. The van der Waals surface area contributed by atoms with Gasteiger partial charge in [0.1, 0.15) is 11.6 Å². The fraction of sp³-hybridized carbons (Fsp3) is 0.364. The van der Waals surface area contributed by atoms with E-state index in [2.05, 4.69) is 10.6 Å². The molecule has 0 bridgehead atoms. The molecule has 146 valence electrons. The van der Waals surface area contributed by atoms with Crippen LogP contribution in [-0.2, 0) is 16.6 Å². The predicted octanol–water partition coefficient (Wildman–Crippen LogP) is 4.09. The maximum Gasteiger partial charge on any atom is 0.254 e. The lowest BCUT2D eigenvalue weighted by Gasteiger charge is -2.30. The lowest BCUT2D eigenvalue weighted by atomic mass is 9.78. The maximum absolute atomic E-state index is 14.5. The zero-order valence-electron chi connectivity index (χ0n) is 15.5. The van der Waals surface area contributed by atoms with Crippen LogP contribution in [0.15, 0.2) is 36.4 Å². The highest BCUT2D eigenvalue weighted by Crippen LogP contribution is 2.40. The van der Waals surface area contributed by atoms with E-state index in [-0.39, 0.29) is 22.7 Å². The zero-order chi connectivity index (χ0) is 19.7. The summed E-state index contributed by atoms with van der Waals surface area (Å²) < 4.78 is 27.8. The molecule has 0 atom stereocenters. The van der Waals surface area contributed by atoms with Gasteiger partial charge in [-0.05, 0) is 54.7 Å². The van der Waals surface area contributed by atoms with Crippen molar-refractivity contribution in [2.45, 2.75) is 43.9 Å². The molecule has 0 saturated heterocycles. The summed E-state index contributed by atoms with van der Waals surface area (Å²) in [5, 5.41) is 5.53. The Morgan fingerprint density at radius 2 is 1.79 bits per heavy atom. The third-order valence-electron chi connectivity index (χ3n) is 5.94. The number of benzene rings is 2. The molecule has 0 radical (unpaired) electrons. The van der Waals surface area contributed by atoms with Crippen LogP contribution in [-0.4, -0.2) is 18.4 Å². The highest BCUT2D eigenvalue weighted by molar-refractivity contribution is 5.98. The average molecular weight is 384 g/mol. The molecule has 4 rings (SSSR count). The molecule has 1 saturated carbocycles. The van der Waals surface area contributed by atoms with E-state index in [1.165, 1.54) is 24.3 Å². The van der Waals surface area contributed by atoms with E-state index in [4.69, 9.17) is 0 Å². The van der Waals surface area contributed by atoms with Crippen LogP contribution in [0.5, 0.6) is 0 Å². The van der Waals surface area contributed by atoms with Gasteiger partial charge in [-0.1, -0.05) is 25.0 Å². The summed E-state index contributed by atoms with van der Waals surface area (Å²) in [5.41, 5.74) is 1.94. The summed E-state index contributed by atoms with van der Waals surface area (Å²) in [6.45, 7) is 0.380. The van der Waals surface area contributed by atoms with Gasteiger partial charge in [0, 0.05) is 24.1 Å². The van der Waals surface area contributed by atoms with Gasteiger partial charge in [-0.3, -0.25) is 9.59 Å². The first-order valence-corrected chi connectivity index (χ1v) is 9.63. The average Bonchev–Trinajstić information content (AvgIpc) is 3.16. The quantitative estimate of drug-likeness (QED) is 0.834. The van der Waals surface area contributed by atoms with Crippen LogP contribution in [0.4, 0.5) is 14.5 Å². The van der Waals surface area contributed by atoms with Gasteiger partial charge in [0.25, 0.3) is 5.91 Å². The van der Waals surface area contributed by atoms with Gasteiger partial charge >= 0.3 is 0 Å². The number of rotatable bonds is 4. The summed E-state index contributed by atoms with van der Waals surface area (Å²) in [7, 11) is 0. The third kappa shape index (κ3) is 3.51. The van der Waals surface area contributed by atoms with Crippen molar-refractivity contribution in [3.8, 4) is 0 Å². The van der Waals surface area contributed by atoms with Crippen LogP contribution in [0, 0.1) is 11.6 Å². The first kappa shape index (κ1) is 18.6. The number of hydrogen-bond acceptors (Lipinski definition) is 2. The Labute approximate surface area is 162 Å². The zero-order valence-corrected chi connectivity index (χ0v) is 15.5. The maximum atomic E-state index is 14.5. The van der Waals surface area contributed by atoms with Crippen LogP contribution >= 0.6 is 0 Å². The molecule has 1 fully saturated rings. The molecule has 1 aliphatic carbocycles. The van der Waals surface area contributed by atoms with Crippen LogP contribution < -0.4 is 10.6 Å². The van der Waals surface area contributed by atoms with Crippen LogP contribution in [0.3, 0.4) is 0 Å². The number of halogens is 2. The molecule has 28 heavy (non-hydrogen) atoms. The van der Waals surface area contributed by atoms with Crippen molar-refractivity contribution in [1.82, 2.24) is 5.32 Å². The molecule has 2 aliphatic rings. The predicted molar refractivity (Wildman–Crippen MR) is 102 cm³/mol. The van der Waals surface area contributed by atoms with Gasteiger partial charge in [0.05, 0.1) is 5.56 Å². The van der Waals surface area contributed by atoms with Crippen LogP contribution in [0.1, 0.15) is 53.6 Å². The molecule has 2 aromatic carbocycles. The first-order chi connectivity index (χ1) is 13.5. The largest absolute Gasteiger partial charge is 0.351 e. The van der Waals surface area contributed by atoms with Gasteiger partial charge in [-0.25, -0.2) is 8.78 Å². The Kier molecular flexibility index (Phi) is 4.87. The van der Waals surface area contributed by atoms with E-state index in [9.17, 15) is 18.4 Å². The highest BCUT2D eigenvalue weighted by Gasteiger charge is 2.36. The first-order valence-electron chi connectivity index (χ1n) is 9.63. The van der Waals surface area contributed by atoms with Crippen molar-refractivity contribution >= 4 is 17.5 Å². The van der Waals surface area contributed by atoms with E-state index < -0.39 is 11.7 Å². The molecule has 0 spiro atoms. The van der Waals surface area contributed by atoms with Gasteiger partial charge in [0.15, 0.2) is 0 Å². The monoisotopic (exact) mass is 384 g/mol. The van der Waals surface area contributed by atoms with Crippen molar-refractivity contribution in [1.29, 1.82) is 0 Å². The Bertz CT molecular complexity index is 919. The number of hydrogen-bond donors (Lipinski definition) is 2. The Morgan fingerprint density at radius 3 is 2.50 bits per heavy atom. The fourth-order valence-corrected chi connectivity index (χ4v) is 4.34. The Hall–Kier alpha value is -2.76.